The van der Waals surface area contributed by atoms with E-state index < -0.39 is 0 Å². The van der Waals surface area contributed by atoms with Crippen LogP contribution in [-0.2, 0) is 0 Å². The standard InChI is InChI=1S/C12H18N4O/c17-12(16-11-13-7-4-8-14-11)15-9-10-5-2-1-3-6-10/h4,7-8,10H,1-3,5-6,9H2,(H2,13,14,15,16,17). The van der Waals surface area contributed by atoms with Crippen molar-refractivity contribution in [2.75, 3.05) is 11.9 Å². The highest BCUT2D eigenvalue weighted by Crippen LogP contribution is 2.22. The molecule has 0 atom stereocenters. The third kappa shape index (κ3) is 4.01. The number of hydrogen-bond acceptors (Lipinski definition) is 3. The first-order valence-electron chi connectivity index (χ1n) is 6.16. The molecule has 92 valence electrons. The molecule has 2 N–H and O–H groups in total. The molecule has 0 spiro atoms. The Balaban J connectivity index is 1.70. The number of hydrogen-bond donors (Lipinski definition) is 2. The van der Waals surface area contributed by atoms with Gasteiger partial charge in [0.15, 0.2) is 0 Å². The number of carbonyl (C=O) groups excluding carboxylic acids is 1. The molecule has 0 bridgehead atoms. The normalized spacial score (nSPS) is 16.5. The Bertz CT molecular complexity index is 349. The minimum atomic E-state index is -0.221. The Morgan fingerprint density at radius 3 is 2.65 bits per heavy atom. The van der Waals surface area contributed by atoms with Crippen molar-refractivity contribution >= 4 is 12.0 Å². The lowest BCUT2D eigenvalue weighted by Gasteiger charge is -2.21. The summed E-state index contributed by atoms with van der Waals surface area (Å²) in [4.78, 5) is 19.4. The lowest BCUT2D eigenvalue weighted by Crippen LogP contribution is -2.34. The molecule has 0 aromatic carbocycles. The average Bonchev–Trinajstić information content (AvgIpc) is 2.39. The Kier molecular flexibility index (Phi) is 4.30. The minimum Gasteiger partial charge on any atom is -0.338 e. The second-order valence-electron chi connectivity index (χ2n) is 4.41. The third-order valence-electron chi connectivity index (χ3n) is 3.07. The van der Waals surface area contributed by atoms with E-state index >= 15 is 0 Å². The maximum atomic E-state index is 11.6. The van der Waals surface area contributed by atoms with E-state index in [0.717, 1.165) is 6.54 Å². The van der Waals surface area contributed by atoms with Gasteiger partial charge in [-0.15, -0.1) is 0 Å². The maximum Gasteiger partial charge on any atom is 0.321 e. The van der Waals surface area contributed by atoms with Gasteiger partial charge in [0, 0.05) is 18.9 Å². The summed E-state index contributed by atoms with van der Waals surface area (Å²) < 4.78 is 0. The second-order valence-corrected chi connectivity index (χ2v) is 4.41. The van der Waals surface area contributed by atoms with Gasteiger partial charge in [0.05, 0.1) is 0 Å². The molecule has 1 saturated carbocycles. The molecule has 1 aliphatic rings. The Morgan fingerprint density at radius 2 is 1.94 bits per heavy atom. The number of aromatic nitrogens is 2. The number of anilines is 1. The van der Waals surface area contributed by atoms with Crippen molar-refractivity contribution in [1.82, 2.24) is 15.3 Å². The molecule has 1 fully saturated rings. The molecule has 0 unspecified atom stereocenters. The summed E-state index contributed by atoms with van der Waals surface area (Å²) in [5, 5.41) is 5.48. The number of nitrogens with zero attached hydrogens (tertiary/aromatic N) is 2. The largest absolute Gasteiger partial charge is 0.338 e. The van der Waals surface area contributed by atoms with Crippen LogP contribution in [0.4, 0.5) is 10.7 Å². The van der Waals surface area contributed by atoms with Crippen molar-refractivity contribution in [3.8, 4) is 0 Å². The summed E-state index contributed by atoms with van der Waals surface area (Å²) in [5.74, 6) is 0.972. The highest BCUT2D eigenvalue weighted by atomic mass is 16.2. The molecule has 1 aromatic heterocycles. The number of amides is 2. The molecular formula is C12H18N4O. The van der Waals surface area contributed by atoms with E-state index in [-0.39, 0.29) is 6.03 Å². The van der Waals surface area contributed by atoms with Crippen LogP contribution in [0.2, 0.25) is 0 Å². The van der Waals surface area contributed by atoms with Crippen molar-refractivity contribution in [3.63, 3.8) is 0 Å². The lowest BCUT2D eigenvalue weighted by molar-refractivity contribution is 0.247. The first-order chi connectivity index (χ1) is 8.34. The van der Waals surface area contributed by atoms with Crippen LogP contribution in [-0.4, -0.2) is 22.5 Å². The molecule has 2 rings (SSSR count). The Labute approximate surface area is 101 Å². The summed E-state index contributed by atoms with van der Waals surface area (Å²) in [7, 11) is 0. The first-order valence-corrected chi connectivity index (χ1v) is 6.16. The third-order valence-corrected chi connectivity index (χ3v) is 3.07. The molecule has 0 saturated heterocycles. The van der Waals surface area contributed by atoms with Gasteiger partial charge in [-0.3, -0.25) is 5.32 Å². The van der Waals surface area contributed by atoms with E-state index in [1.807, 2.05) is 0 Å². The summed E-state index contributed by atoms with van der Waals surface area (Å²) in [6.07, 6.45) is 9.56. The Hall–Kier alpha value is -1.65. The van der Waals surface area contributed by atoms with Crippen LogP contribution in [0.15, 0.2) is 18.5 Å². The zero-order valence-electron chi connectivity index (χ0n) is 9.85. The van der Waals surface area contributed by atoms with Crippen molar-refractivity contribution in [3.05, 3.63) is 18.5 Å². The minimum absolute atomic E-state index is 0.221. The predicted octanol–water partition coefficient (Wildman–Crippen LogP) is 2.18. The van der Waals surface area contributed by atoms with Crippen molar-refractivity contribution in [2.45, 2.75) is 32.1 Å². The molecule has 17 heavy (non-hydrogen) atoms. The number of rotatable bonds is 3. The molecular weight excluding hydrogens is 216 g/mol. The van der Waals surface area contributed by atoms with E-state index in [2.05, 4.69) is 20.6 Å². The summed E-state index contributed by atoms with van der Waals surface area (Å²) in [6.45, 7) is 0.749. The van der Waals surface area contributed by atoms with Gasteiger partial charge >= 0.3 is 6.03 Å². The molecule has 1 heterocycles. The van der Waals surface area contributed by atoms with Crippen LogP contribution in [0.25, 0.3) is 0 Å². The van der Waals surface area contributed by atoms with Crippen LogP contribution < -0.4 is 10.6 Å². The number of urea groups is 1. The number of nitrogens with one attached hydrogen (secondary N) is 2. The van der Waals surface area contributed by atoms with Gasteiger partial charge in [-0.05, 0) is 24.8 Å². The summed E-state index contributed by atoms with van der Waals surface area (Å²) in [5.41, 5.74) is 0. The van der Waals surface area contributed by atoms with E-state index in [0.29, 0.717) is 11.9 Å². The molecule has 2 amide bonds. The van der Waals surface area contributed by atoms with Gasteiger partial charge in [0.1, 0.15) is 0 Å². The molecule has 5 heteroatoms. The number of carbonyl (C=O) groups is 1. The molecule has 5 nitrogen and oxygen atoms in total. The van der Waals surface area contributed by atoms with Crippen molar-refractivity contribution in [1.29, 1.82) is 0 Å². The fraction of sp³-hybridized carbons (Fsp3) is 0.583. The second kappa shape index (κ2) is 6.18. The smallest absolute Gasteiger partial charge is 0.321 e. The summed E-state index contributed by atoms with van der Waals surface area (Å²) in [6, 6.07) is 1.49. The van der Waals surface area contributed by atoms with Gasteiger partial charge < -0.3 is 5.32 Å². The lowest BCUT2D eigenvalue weighted by atomic mass is 9.89. The first kappa shape index (κ1) is 11.8. The molecule has 1 aliphatic carbocycles. The maximum absolute atomic E-state index is 11.6. The topological polar surface area (TPSA) is 66.9 Å². The van der Waals surface area contributed by atoms with E-state index in [9.17, 15) is 4.79 Å². The molecule has 1 aromatic rings. The van der Waals surface area contributed by atoms with Gasteiger partial charge in [-0.25, -0.2) is 14.8 Å². The molecule has 0 aliphatic heterocycles. The van der Waals surface area contributed by atoms with Crippen LogP contribution in [0, 0.1) is 5.92 Å². The van der Waals surface area contributed by atoms with E-state index in [1.165, 1.54) is 32.1 Å². The van der Waals surface area contributed by atoms with E-state index in [1.54, 1.807) is 18.5 Å². The van der Waals surface area contributed by atoms with Crippen LogP contribution >= 0.6 is 0 Å². The highest BCUT2D eigenvalue weighted by Gasteiger charge is 2.14. The zero-order chi connectivity index (χ0) is 11.9. The fourth-order valence-corrected chi connectivity index (χ4v) is 2.14. The predicted molar refractivity (Wildman–Crippen MR) is 65.6 cm³/mol. The van der Waals surface area contributed by atoms with Gasteiger partial charge in [-0.2, -0.15) is 0 Å². The SMILES string of the molecule is O=C(NCC1CCCCC1)Nc1ncccn1. The van der Waals surface area contributed by atoms with Crippen LogP contribution in [0.1, 0.15) is 32.1 Å². The van der Waals surface area contributed by atoms with Gasteiger partial charge in [0.25, 0.3) is 0 Å². The summed E-state index contributed by atoms with van der Waals surface area (Å²) >= 11 is 0. The van der Waals surface area contributed by atoms with E-state index in [4.69, 9.17) is 0 Å². The Morgan fingerprint density at radius 1 is 1.24 bits per heavy atom. The van der Waals surface area contributed by atoms with Crippen molar-refractivity contribution in [2.24, 2.45) is 5.92 Å². The van der Waals surface area contributed by atoms with Crippen molar-refractivity contribution < 1.29 is 4.79 Å². The zero-order valence-corrected chi connectivity index (χ0v) is 9.85. The van der Waals surface area contributed by atoms with Gasteiger partial charge in [0.2, 0.25) is 5.95 Å². The fourth-order valence-electron chi connectivity index (χ4n) is 2.14. The highest BCUT2D eigenvalue weighted by molar-refractivity contribution is 5.87. The van der Waals surface area contributed by atoms with Crippen LogP contribution in [0.3, 0.4) is 0 Å². The molecule has 0 radical (unpaired) electrons. The van der Waals surface area contributed by atoms with Crippen LogP contribution in [0.5, 0.6) is 0 Å². The quantitative estimate of drug-likeness (QED) is 0.842. The average molecular weight is 234 g/mol. The monoisotopic (exact) mass is 234 g/mol. The van der Waals surface area contributed by atoms with Gasteiger partial charge in [-0.1, -0.05) is 19.3 Å².